The highest BCUT2D eigenvalue weighted by molar-refractivity contribution is 8.00. The topological polar surface area (TPSA) is 27.1 Å². The molecule has 0 saturated heterocycles. The Bertz CT molecular complexity index is 906. The van der Waals surface area contributed by atoms with Gasteiger partial charge in [-0.15, -0.1) is 11.8 Å². The van der Waals surface area contributed by atoms with E-state index in [2.05, 4.69) is 54.6 Å². The van der Waals surface area contributed by atoms with Crippen LogP contribution < -0.4 is 4.74 Å². The minimum absolute atomic E-state index is 0.189. The summed E-state index contributed by atoms with van der Waals surface area (Å²) in [6.45, 7) is 7.04. The summed E-state index contributed by atoms with van der Waals surface area (Å²) in [7, 11) is 0. The number of aromatic nitrogens is 2. The van der Waals surface area contributed by atoms with Crippen molar-refractivity contribution in [2.75, 3.05) is 0 Å². The van der Waals surface area contributed by atoms with Crippen LogP contribution in [-0.2, 0) is 13.0 Å². The van der Waals surface area contributed by atoms with E-state index in [9.17, 15) is 0 Å². The van der Waals surface area contributed by atoms with Crippen LogP contribution in [0, 0.1) is 0 Å². The lowest BCUT2D eigenvalue weighted by Gasteiger charge is -2.21. The lowest BCUT2D eigenvalue weighted by molar-refractivity contribution is 0.131. The molecule has 0 aliphatic rings. The van der Waals surface area contributed by atoms with Crippen LogP contribution >= 0.6 is 35.0 Å². The maximum absolute atomic E-state index is 6.40. The summed E-state index contributed by atoms with van der Waals surface area (Å²) in [5, 5.41) is 1.71. The molecule has 0 amide bonds. The van der Waals surface area contributed by atoms with Crippen molar-refractivity contribution < 1.29 is 4.74 Å². The zero-order valence-electron chi connectivity index (χ0n) is 16.9. The van der Waals surface area contributed by atoms with E-state index in [4.69, 9.17) is 27.9 Å². The molecular formula is C23H26Cl2N2OS. The summed E-state index contributed by atoms with van der Waals surface area (Å²) in [6.07, 6.45) is 7.66. The molecule has 2 aromatic carbocycles. The molecule has 0 radical (unpaired) electrons. The first kappa shape index (κ1) is 22.1. The number of imidazole rings is 1. The van der Waals surface area contributed by atoms with Crippen LogP contribution in [0.5, 0.6) is 5.75 Å². The van der Waals surface area contributed by atoms with E-state index in [0.29, 0.717) is 15.3 Å². The van der Waals surface area contributed by atoms with Crippen LogP contribution in [0.3, 0.4) is 0 Å². The first-order chi connectivity index (χ1) is 13.8. The fourth-order valence-electron chi connectivity index (χ4n) is 2.97. The van der Waals surface area contributed by atoms with Crippen LogP contribution in [0.1, 0.15) is 32.8 Å². The summed E-state index contributed by atoms with van der Waals surface area (Å²) in [6, 6.07) is 14.1. The van der Waals surface area contributed by atoms with E-state index in [1.165, 1.54) is 5.56 Å². The van der Waals surface area contributed by atoms with Gasteiger partial charge in [-0.1, -0.05) is 35.3 Å². The molecule has 1 heterocycles. The average molecular weight is 449 g/mol. The molecule has 1 atom stereocenters. The Kier molecular flexibility index (Phi) is 7.55. The van der Waals surface area contributed by atoms with Crippen molar-refractivity contribution in [2.24, 2.45) is 0 Å². The highest BCUT2D eigenvalue weighted by Crippen LogP contribution is 2.34. The summed E-state index contributed by atoms with van der Waals surface area (Å²) in [5.74, 6) is 0.901. The Morgan fingerprint density at radius 2 is 1.86 bits per heavy atom. The van der Waals surface area contributed by atoms with Gasteiger partial charge in [-0.05, 0) is 69.5 Å². The minimum atomic E-state index is -0.189. The standard InChI is InChI=1S/C23H26Cl2N2OS/c1-23(2,3)28-19-8-4-17(5-9-19)6-10-20(15-27-13-12-26-16-27)29-22-11-7-18(24)14-21(22)25/h4-5,7-9,11-14,16,20H,6,10,15H2,1-3H3. The summed E-state index contributed by atoms with van der Waals surface area (Å²) in [5.41, 5.74) is 1.11. The van der Waals surface area contributed by atoms with Crippen molar-refractivity contribution in [3.05, 3.63) is 76.8 Å². The number of benzene rings is 2. The van der Waals surface area contributed by atoms with Gasteiger partial charge in [0.1, 0.15) is 11.4 Å². The SMILES string of the molecule is CC(C)(C)Oc1ccc(CCC(Cn2ccnc2)Sc2ccc(Cl)cc2Cl)cc1. The van der Waals surface area contributed by atoms with Crippen LogP contribution in [0.2, 0.25) is 10.0 Å². The zero-order chi connectivity index (χ0) is 20.9. The highest BCUT2D eigenvalue weighted by Gasteiger charge is 2.15. The van der Waals surface area contributed by atoms with Crippen molar-refractivity contribution in [1.29, 1.82) is 0 Å². The molecule has 0 saturated carbocycles. The summed E-state index contributed by atoms with van der Waals surface area (Å²) < 4.78 is 8.03. The maximum Gasteiger partial charge on any atom is 0.120 e. The normalized spacial score (nSPS) is 12.7. The molecule has 3 aromatic rings. The number of halogens is 2. The molecule has 3 nitrogen and oxygen atoms in total. The Labute approximate surface area is 187 Å². The van der Waals surface area contributed by atoms with Gasteiger partial charge in [0, 0.05) is 34.1 Å². The molecule has 0 N–H and O–H groups in total. The van der Waals surface area contributed by atoms with Crippen LogP contribution in [-0.4, -0.2) is 20.4 Å². The zero-order valence-corrected chi connectivity index (χ0v) is 19.3. The van der Waals surface area contributed by atoms with Gasteiger partial charge in [0.25, 0.3) is 0 Å². The second-order valence-electron chi connectivity index (χ2n) is 7.97. The molecule has 1 unspecified atom stereocenters. The fraction of sp³-hybridized carbons (Fsp3) is 0.348. The smallest absolute Gasteiger partial charge is 0.120 e. The summed E-state index contributed by atoms with van der Waals surface area (Å²) >= 11 is 14.2. The molecule has 0 aliphatic heterocycles. The van der Waals surface area contributed by atoms with Crippen molar-refractivity contribution in [1.82, 2.24) is 9.55 Å². The first-order valence-corrected chi connectivity index (χ1v) is 11.3. The fourth-order valence-corrected chi connectivity index (χ4v) is 4.67. The largest absolute Gasteiger partial charge is 0.488 e. The third kappa shape index (κ3) is 7.29. The van der Waals surface area contributed by atoms with Crippen LogP contribution in [0.4, 0.5) is 0 Å². The Balaban J connectivity index is 1.66. The number of thioether (sulfide) groups is 1. The predicted octanol–water partition coefficient (Wildman–Crippen LogP) is 7.16. The maximum atomic E-state index is 6.40. The Morgan fingerprint density at radius 3 is 2.48 bits per heavy atom. The van der Waals surface area contributed by atoms with E-state index in [1.54, 1.807) is 17.8 Å². The highest BCUT2D eigenvalue weighted by atomic mass is 35.5. The first-order valence-electron chi connectivity index (χ1n) is 9.64. The average Bonchev–Trinajstić information content (AvgIpc) is 3.15. The van der Waals surface area contributed by atoms with Gasteiger partial charge in [0.2, 0.25) is 0 Å². The second-order valence-corrected chi connectivity index (χ2v) is 10.2. The number of aryl methyl sites for hydroxylation is 1. The minimum Gasteiger partial charge on any atom is -0.488 e. The van der Waals surface area contributed by atoms with E-state index in [1.807, 2.05) is 30.9 Å². The van der Waals surface area contributed by atoms with Crippen LogP contribution in [0.25, 0.3) is 0 Å². The Hall–Kier alpha value is -1.62. The predicted molar refractivity (Wildman–Crippen MR) is 123 cm³/mol. The number of rotatable bonds is 8. The molecule has 0 spiro atoms. The van der Waals surface area contributed by atoms with Gasteiger partial charge in [-0.25, -0.2) is 4.98 Å². The molecule has 0 bridgehead atoms. The van der Waals surface area contributed by atoms with Gasteiger partial charge in [-0.3, -0.25) is 0 Å². The summed E-state index contributed by atoms with van der Waals surface area (Å²) in [4.78, 5) is 5.22. The molecule has 0 fully saturated rings. The van der Waals surface area contributed by atoms with Crippen molar-refractivity contribution >= 4 is 35.0 Å². The molecule has 3 rings (SSSR count). The van der Waals surface area contributed by atoms with Gasteiger partial charge >= 0.3 is 0 Å². The van der Waals surface area contributed by atoms with E-state index in [0.717, 1.165) is 30.0 Å². The quantitative estimate of drug-likeness (QED) is 0.342. The van der Waals surface area contributed by atoms with Crippen molar-refractivity contribution in [2.45, 2.75) is 55.9 Å². The lowest BCUT2D eigenvalue weighted by Crippen LogP contribution is -2.22. The van der Waals surface area contributed by atoms with Crippen LogP contribution in [0.15, 0.2) is 66.1 Å². The van der Waals surface area contributed by atoms with Crippen molar-refractivity contribution in [3.8, 4) is 5.75 Å². The Morgan fingerprint density at radius 1 is 1.10 bits per heavy atom. The van der Waals surface area contributed by atoms with Crippen molar-refractivity contribution in [3.63, 3.8) is 0 Å². The second kappa shape index (κ2) is 9.92. The third-order valence-electron chi connectivity index (χ3n) is 4.26. The molecular weight excluding hydrogens is 423 g/mol. The van der Waals surface area contributed by atoms with Gasteiger partial charge < -0.3 is 9.30 Å². The number of hydrogen-bond donors (Lipinski definition) is 0. The number of ether oxygens (including phenoxy) is 1. The molecule has 0 aliphatic carbocycles. The number of hydrogen-bond acceptors (Lipinski definition) is 3. The molecule has 29 heavy (non-hydrogen) atoms. The van der Waals surface area contributed by atoms with Gasteiger partial charge in [0.15, 0.2) is 0 Å². The molecule has 6 heteroatoms. The van der Waals surface area contributed by atoms with E-state index >= 15 is 0 Å². The monoisotopic (exact) mass is 448 g/mol. The van der Waals surface area contributed by atoms with E-state index in [-0.39, 0.29) is 5.60 Å². The third-order valence-corrected chi connectivity index (χ3v) is 6.25. The molecule has 154 valence electrons. The lowest BCUT2D eigenvalue weighted by atomic mass is 10.1. The van der Waals surface area contributed by atoms with Gasteiger partial charge in [-0.2, -0.15) is 0 Å². The number of nitrogens with zero attached hydrogens (tertiary/aromatic N) is 2. The molecule has 1 aromatic heterocycles. The van der Waals surface area contributed by atoms with E-state index < -0.39 is 0 Å². The van der Waals surface area contributed by atoms with Gasteiger partial charge in [0.05, 0.1) is 11.3 Å².